The number of methoxy groups -OCH3 is 1. The molecule has 0 bridgehead atoms. The maximum atomic E-state index is 13.0. The molecule has 6 heteroatoms. The molecule has 2 atom stereocenters. The van der Waals surface area contributed by atoms with Crippen LogP contribution >= 0.6 is 11.6 Å². The van der Waals surface area contributed by atoms with Crippen LogP contribution in [0.4, 0.5) is 0 Å². The molecular weight excluding hydrogens is 462 g/mol. The summed E-state index contributed by atoms with van der Waals surface area (Å²) in [6.45, 7) is 3.18. The fraction of sp³-hybridized carbons (Fsp3) is 0.517. The molecule has 1 amide bonds. The van der Waals surface area contributed by atoms with Gasteiger partial charge in [-0.3, -0.25) is 9.59 Å². The fourth-order valence-electron chi connectivity index (χ4n) is 5.28. The summed E-state index contributed by atoms with van der Waals surface area (Å²) in [6.07, 6.45) is 8.34. The summed E-state index contributed by atoms with van der Waals surface area (Å²) in [5, 5.41) is 0.712. The second kappa shape index (κ2) is 11.9. The molecule has 1 saturated carbocycles. The van der Waals surface area contributed by atoms with E-state index in [1.807, 2.05) is 37.3 Å². The average molecular weight is 498 g/mol. The highest BCUT2D eigenvalue weighted by Crippen LogP contribution is 2.33. The molecule has 0 radical (unpaired) electrons. The second-order valence-electron chi connectivity index (χ2n) is 9.91. The number of amides is 1. The van der Waals surface area contributed by atoms with Crippen molar-refractivity contribution in [2.24, 2.45) is 11.8 Å². The van der Waals surface area contributed by atoms with Crippen LogP contribution < -0.4 is 4.74 Å². The molecule has 2 unspecified atom stereocenters. The number of benzene rings is 2. The molecule has 1 aliphatic heterocycles. The summed E-state index contributed by atoms with van der Waals surface area (Å²) in [5.74, 6) is 0.709. The van der Waals surface area contributed by atoms with E-state index in [4.69, 9.17) is 21.1 Å². The first-order chi connectivity index (χ1) is 17.0. The van der Waals surface area contributed by atoms with Gasteiger partial charge in [0.2, 0.25) is 5.91 Å². The predicted octanol–water partition coefficient (Wildman–Crippen LogP) is 6.31. The Kier molecular flexibility index (Phi) is 8.72. The normalized spacial score (nSPS) is 19.6. The van der Waals surface area contributed by atoms with Gasteiger partial charge in [-0.1, -0.05) is 62.1 Å². The van der Waals surface area contributed by atoms with Crippen molar-refractivity contribution in [3.63, 3.8) is 0 Å². The minimum Gasteiger partial charge on any atom is -0.494 e. The van der Waals surface area contributed by atoms with E-state index >= 15 is 0 Å². The van der Waals surface area contributed by atoms with E-state index in [0.717, 1.165) is 48.2 Å². The van der Waals surface area contributed by atoms with Crippen molar-refractivity contribution in [3.05, 3.63) is 53.1 Å². The van der Waals surface area contributed by atoms with Gasteiger partial charge >= 0.3 is 5.97 Å². The number of likely N-dealkylation sites (tertiary alicyclic amines) is 1. The standard InChI is InChI=1S/C29H36ClNO4/c1-20(29(33)34-2)15-17-35-26-12-10-21(11-13-26)22-8-9-23(27(30)19-22)18-24-14-16-31(28(24)32)25-6-4-3-5-7-25/h8-13,19-20,24-25H,3-7,14-18H2,1-2H3. The zero-order valence-electron chi connectivity index (χ0n) is 20.8. The summed E-state index contributed by atoms with van der Waals surface area (Å²) in [7, 11) is 1.40. The van der Waals surface area contributed by atoms with Crippen LogP contribution in [0.5, 0.6) is 5.75 Å². The van der Waals surface area contributed by atoms with Gasteiger partial charge in [0.1, 0.15) is 5.75 Å². The van der Waals surface area contributed by atoms with E-state index < -0.39 is 0 Å². The molecule has 0 spiro atoms. The highest BCUT2D eigenvalue weighted by atomic mass is 35.5. The van der Waals surface area contributed by atoms with Crippen LogP contribution in [0.3, 0.4) is 0 Å². The summed E-state index contributed by atoms with van der Waals surface area (Å²) < 4.78 is 10.5. The largest absolute Gasteiger partial charge is 0.494 e. The topological polar surface area (TPSA) is 55.8 Å². The van der Waals surface area contributed by atoms with E-state index in [-0.39, 0.29) is 17.8 Å². The predicted molar refractivity (Wildman–Crippen MR) is 139 cm³/mol. The molecular formula is C29H36ClNO4. The first-order valence-electron chi connectivity index (χ1n) is 12.9. The number of ether oxygens (including phenoxy) is 2. The van der Waals surface area contributed by atoms with Gasteiger partial charge in [0, 0.05) is 23.5 Å². The van der Waals surface area contributed by atoms with Crippen LogP contribution in [-0.4, -0.2) is 43.1 Å². The van der Waals surface area contributed by atoms with Gasteiger partial charge in [-0.25, -0.2) is 0 Å². The van der Waals surface area contributed by atoms with Crippen LogP contribution in [0.2, 0.25) is 5.02 Å². The first kappa shape index (κ1) is 25.6. The number of halogens is 1. The zero-order valence-corrected chi connectivity index (χ0v) is 21.6. The molecule has 1 saturated heterocycles. The van der Waals surface area contributed by atoms with Gasteiger partial charge in [-0.15, -0.1) is 0 Å². The first-order valence-corrected chi connectivity index (χ1v) is 13.2. The lowest BCUT2D eigenvalue weighted by Gasteiger charge is -2.31. The smallest absolute Gasteiger partial charge is 0.308 e. The Balaban J connectivity index is 1.32. The lowest BCUT2D eigenvalue weighted by Crippen LogP contribution is -2.39. The minimum absolute atomic E-state index is 0.0404. The zero-order chi connectivity index (χ0) is 24.8. The summed E-state index contributed by atoms with van der Waals surface area (Å²) in [5.41, 5.74) is 3.12. The maximum Gasteiger partial charge on any atom is 0.308 e. The molecule has 2 fully saturated rings. The van der Waals surface area contributed by atoms with Crippen LogP contribution in [0.1, 0.15) is 57.4 Å². The molecule has 5 nitrogen and oxygen atoms in total. The SMILES string of the molecule is COC(=O)C(C)CCOc1ccc(-c2ccc(CC3CCN(C4CCCCC4)C3=O)c(Cl)c2)cc1. The Morgan fingerprint density at radius 1 is 1.06 bits per heavy atom. The highest BCUT2D eigenvalue weighted by molar-refractivity contribution is 6.31. The Hall–Kier alpha value is -2.53. The molecule has 0 aromatic heterocycles. The van der Waals surface area contributed by atoms with Gasteiger partial charge in [-0.05, 0) is 67.0 Å². The molecule has 4 rings (SSSR count). The highest BCUT2D eigenvalue weighted by Gasteiger charge is 2.36. The Morgan fingerprint density at radius 3 is 2.46 bits per heavy atom. The number of carbonyl (C=O) groups excluding carboxylic acids is 2. The van der Waals surface area contributed by atoms with Gasteiger partial charge in [0.05, 0.1) is 19.6 Å². The minimum atomic E-state index is -0.219. The average Bonchev–Trinajstić information content (AvgIpc) is 3.25. The van der Waals surface area contributed by atoms with Crippen molar-refractivity contribution in [2.75, 3.05) is 20.3 Å². The molecule has 188 valence electrons. The van der Waals surface area contributed by atoms with Gasteiger partial charge in [0.15, 0.2) is 0 Å². The van der Waals surface area contributed by atoms with Crippen LogP contribution in [-0.2, 0) is 20.7 Å². The van der Waals surface area contributed by atoms with Crippen LogP contribution in [0.15, 0.2) is 42.5 Å². The molecule has 1 aliphatic carbocycles. The molecule has 1 heterocycles. The number of esters is 1. The number of rotatable bonds is 9. The number of hydrogen-bond acceptors (Lipinski definition) is 4. The third-order valence-electron chi connectivity index (χ3n) is 7.50. The van der Waals surface area contributed by atoms with Crippen molar-refractivity contribution < 1.29 is 19.1 Å². The van der Waals surface area contributed by atoms with Gasteiger partial charge in [-0.2, -0.15) is 0 Å². The van der Waals surface area contributed by atoms with Crippen molar-refractivity contribution in [1.82, 2.24) is 4.90 Å². The second-order valence-corrected chi connectivity index (χ2v) is 10.3. The Morgan fingerprint density at radius 2 is 1.77 bits per heavy atom. The third-order valence-corrected chi connectivity index (χ3v) is 7.85. The molecule has 2 aliphatic rings. The van der Waals surface area contributed by atoms with E-state index in [2.05, 4.69) is 17.0 Å². The Bertz CT molecular complexity index is 1020. The fourth-order valence-corrected chi connectivity index (χ4v) is 5.54. The van der Waals surface area contributed by atoms with Crippen molar-refractivity contribution in [1.29, 1.82) is 0 Å². The molecule has 2 aromatic carbocycles. The van der Waals surface area contributed by atoms with E-state index in [9.17, 15) is 9.59 Å². The summed E-state index contributed by atoms with van der Waals surface area (Å²) in [6, 6.07) is 14.4. The maximum absolute atomic E-state index is 13.0. The van der Waals surface area contributed by atoms with E-state index in [1.54, 1.807) is 0 Å². The summed E-state index contributed by atoms with van der Waals surface area (Å²) >= 11 is 6.67. The molecule has 35 heavy (non-hydrogen) atoms. The van der Waals surface area contributed by atoms with Gasteiger partial charge in [0.25, 0.3) is 0 Å². The van der Waals surface area contributed by atoms with Crippen LogP contribution in [0, 0.1) is 11.8 Å². The third kappa shape index (κ3) is 6.38. The van der Waals surface area contributed by atoms with Crippen molar-refractivity contribution in [2.45, 2.75) is 64.3 Å². The lowest BCUT2D eigenvalue weighted by atomic mass is 9.93. The number of nitrogens with zero attached hydrogens (tertiary/aromatic N) is 1. The van der Waals surface area contributed by atoms with E-state index in [0.29, 0.717) is 36.4 Å². The monoisotopic (exact) mass is 497 g/mol. The number of hydrogen-bond donors (Lipinski definition) is 0. The summed E-state index contributed by atoms with van der Waals surface area (Å²) in [4.78, 5) is 26.7. The molecule has 0 N–H and O–H groups in total. The van der Waals surface area contributed by atoms with E-state index in [1.165, 1.54) is 26.4 Å². The Labute approximate surface area is 213 Å². The van der Waals surface area contributed by atoms with Crippen molar-refractivity contribution in [3.8, 4) is 16.9 Å². The van der Waals surface area contributed by atoms with Crippen molar-refractivity contribution >= 4 is 23.5 Å². The quantitative estimate of drug-likeness (QED) is 0.381. The lowest BCUT2D eigenvalue weighted by molar-refractivity contribution is -0.145. The van der Waals surface area contributed by atoms with Gasteiger partial charge < -0.3 is 14.4 Å². The van der Waals surface area contributed by atoms with Crippen LogP contribution in [0.25, 0.3) is 11.1 Å². The molecule has 2 aromatic rings. The number of carbonyl (C=O) groups is 2.